The van der Waals surface area contributed by atoms with Gasteiger partial charge in [-0.05, 0) is 68.1 Å². The second-order valence-electron chi connectivity index (χ2n) is 7.18. The Labute approximate surface area is 158 Å². The van der Waals surface area contributed by atoms with Crippen LogP contribution in [-0.2, 0) is 19.4 Å². The number of hydrogen-bond acceptors (Lipinski definition) is 3. The van der Waals surface area contributed by atoms with Crippen molar-refractivity contribution in [2.24, 2.45) is 0 Å². The third-order valence-electron chi connectivity index (χ3n) is 5.03. The first-order valence-corrected chi connectivity index (χ1v) is 9.45. The predicted molar refractivity (Wildman–Crippen MR) is 105 cm³/mol. The van der Waals surface area contributed by atoms with Crippen molar-refractivity contribution >= 4 is 5.69 Å². The molecule has 1 atom stereocenters. The van der Waals surface area contributed by atoms with Crippen molar-refractivity contribution in [2.45, 2.75) is 38.8 Å². The van der Waals surface area contributed by atoms with Gasteiger partial charge in [-0.15, -0.1) is 0 Å². The molecule has 0 fully saturated rings. The van der Waals surface area contributed by atoms with Gasteiger partial charge in [0.05, 0.1) is 24.0 Å². The fraction of sp³-hybridized carbons (Fsp3) is 0.318. The van der Waals surface area contributed by atoms with Crippen LogP contribution in [0, 0.1) is 5.82 Å². The Morgan fingerprint density at radius 3 is 2.56 bits per heavy atom. The van der Waals surface area contributed by atoms with Crippen LogP contribution in [0.3, 0.4) is 0 Å². The zero-order chi connectivity index (χ0) is 18.8. The number of aromatic nitrogens is 2. The van der Waals surface area contributed by atoms with E-state index in [4.69, 9.17) is 5.10 Å². The average molecular weight is 365 g/mol. The van der Waals surface area contributed by atoms with Crippen LogP contribution in [0.1, 0.15) is 30.3 Å². The highest BCUT2D eigenvalue weighted by molar-refractivity contribution is 5.48. The summed E-state index contributed by atoms with van der Waals surface area (Å²) in [5, 5.41) is 14.8. The van der Waals surface area contributed by atoms with Crippen LogP contribution < -0.4 is 4.90 Å². The highest BCUT2D eigenvalue weighted by Gasteiger charge is 2.24. The maximum Gasteiger partial charge on any atom is 0.123 e. The SMILES string of the molecule is CC(O)CN(Cc1nn(-c2ccc(F)cc2)c2c1CCC2)c1ccccc1. The molecule has 0 saturated carbocycles. The van der Waals surface area contributed by atoms with E-state index in [1.54, 1.807) is 19.1 Å². The quantitative estimate of drug-likeness (QED) is 0.721. The lowest BCUT2D eigenvalue weighted by Crippen LogP contribution is -2.31. The molecule has 1 unspecified atom stereocenters. The van der Waals surface area contributed by atoms with E-state index in [0.29, 0.717) is 13.1 Å². The Hall–Kier alpha value is -2.66. The van der Waals surface area contributed by atoms with Crippen LogP contribution in [0.5, 0.6) is 0 Å². The van der Waals surface area contributed by atoms with Crippen LogP contribution in [0.2, 0.25) is 0 Å². The Kier molecular flexibility index (Phi) is 4.94. The van der Waals surface area contributed by atoms with E-state index in [9.17, 15) is 9.50 Å². The minimum absolute atomic E-state index is 0.241. The zero-order valence-electron chi connectivity index (χ0n) is 15.5. The van der Waals surface area contributed by atoms with E-state index < -0.39 is 6.10 Å². The first kappa shape index (κ1) is 17.7. The van der Waals surface area contributed by atoms with Gasteiger partial charge in [-0.2, -0.15) is 5.10 Å². The van der Waals surface area contributed by atoms with Crippen molar-refractivity contribution in [3.8, 4) is 5.69 Å². The molecule has 0 aliphatic heterocycles. The summed E-state index contributed by atoms with van der Waals surface area (Å²) in [7, 11) is 0. The molecule has 4 nitrogen and oxygen atoms in total. The van der Waals surface area contributed by atoms with Crippen LogP contribution >= 0.6 is 0 Å². The Morgan fingerprint density at radius 2 is 1.85 bits per heavy atom. The van der Waals surface area contributed by atoms with Gasteiger partial charge < -0.3 is 10.0 Å². The highest BCUT2D eigenvalue weighted by atomic mass is 19.1. The normalized spacial score (nSPS) is 14.2. The molecular formula is C22H24FN3O. The summed E-state index contributed by atoms with van der Waals surface area (Å²) in [5.41, 5.74) is 5.52. The molecule has 0 saturated heterocycles. The number of fused-ring (bicyclic) bond motifs is 1. The molecule has 5 heteroatoms. The minimum atomic E-state index is -0.433. The van der Waals surface area contributed by atoms with E-state index in [2.05, 4.69) is 17.0 Å². The van der Waals surface area contributed by atoms with Gasteiger partial charge in [-0.25, -0.2) is 9.07 Å². The number of aliphatic hydroxyl groups is 1. The number of hydrogen-bond donors (Lipinski definition) is 1. The fourth-order valence-electron chi connectivity index (χ4n) is 3.84. The molecule has 140 valence electrons. The molecular weight excluding hydrogens is 341 g/mol. The molecule has 27 heavy (non-hydrogen) atoms. The van der Waals surface area contributed by atoms with E-state index in [-0.39, 0.29) is 5.82 Å². The fourth-order valence-corrected chi connectivity index (χ4v) is 3.84. The Bertz CT molecular complexity index is 903. The van der Waals surface area contributed by atoms with Crippen molar-refractivity contribution in [3.63, 3.8) is 0 Å². The smallest absolute Gasteiger partial charge is 0.123 e. The molecule has 0 amide bonds. The Morgan fingerprint density at radius 1 is 1.11 bits per heavy atom. The van der Waals surface area contributed by atoms with E-state index in [1.165, 1.54) is 23.4 Å². The molecule has 1 N–H and O–H groups in total. The maximum atomic E-state index is 13.3. The van der Waals surface area contributed by atoms with Gasteiger partial charge in [0.1, 0.15) is 5.82 Å². The van der Waals surface area contributed by atoms with Crippen LogP contribution in [0.15, 0.2) is 54.6 Å². The molecule has 1 aliphatic rings. The summed E-state index contributed by atoms with van der Waals surface area (Å²) in [6, 6.07) is 16.6. The van der Waals surface area contributed by atoms with Crippen LogP contribution in [-0.4, -0.2) is 27.5 Å². The number of halogens is 1. The first-order valence-electron chi connectivity index (χ1n) is 9.45. The molecule has 1 heterocycles. The molecule has 0 spiro atoms. The predicted octanol–water partition coefficient (Wildman–Crippen LogP) is 3.89. The third kappa shape index (κ3) is 3.74. The van der Waals surface area contributed by atoms with Crippen molar-refractivity contribution < 1.29 is 9.50 Å². The summed E-state index contributed by atoms with van der Waals surface area (Å²) in [6.45, 7) is 2.99. The van der Waals surface area contributed by atoms with Crippen LogP contribution in [0.25, 0.3) is 5.69 Å². The molecule has 1 aliphatic carbocycles. The third-order valence-corrected chi connectivity index (χ3v) is 5.03. The highest BCUT2D eigenvalue weighted by Crippen LogP contribution is 2.29. The van der Waals surface area contributed by atoms with Gasteiger partial charge in [-0.3, -0.25) is 0 Å². The average Bonchev–Trinajstić information content (AvgIpc) is 3.26. The van der Waals surface area contributed by atoms with Gasteiger partial charge in [0.2, 0.25) is 0 Å². The summed E-state index contributed by atoms with van der Waals surface area (Å²) >= 11 is 0. The summed E-state index contributed by atoms with van der Waals surface area (Å²) in [4.78, 5) is 2.17. The standard InChI is InChI=1S/C22H24FN3O/c1-16(27)14-25(18-6-3-2-4-7-18)15-21-20-8-5-9-22(20)26(24-21)19-12-10-17(23)11-13-19/h2-4,6-7,10-13,16,27H,5,8-9,14-15H2,1H3. The lowest BCUT2D eigenvalue weighted by molar-refractivity contribution is 0.199. The first-order chi connectivity index (χ1) is 13.1. The summed E-state index contributed by atoms with van der Waals surface area (Å²) < 4.78 is 15.3. The second-order valence-corrected chi connectivity index (χ2v) is 7.18. The molecule has 0 radical (unpaired) electrons. The van der Waals surface area contributed by atoms with Crippen molar-refractivity contribution in [3.05, 3.63) is 77.4 Å². The zero-order valence-corrected chi connectivity index (χ0v) is 15.5. The van der Waals surface area contributed by atoms with Gasteiger partial charge in [0, 0.05) is 17.9 Å². The maximum absolute atomic E-state index is 13.3. The number of aliphatic hydroxyl groups excluding tert-OH is 1. The monoisotopic (exact) mass is 365 g/mol. The second kappa shape index (κ2) is 7.53. The van der Waals surface area contributed by atoms with Crippen LogP contribution in [0.4, 0.5) is 10.1 Å². The summed E-state index contributed by atoms with van der Waals surface area (Å²) in [5.74, 6) is -0.241. The van der Waals surface area contributed by atoms with Gasteiger partial charge in [-0.1, -0.05) is 18.2 Å². The van der Waals surface area contributed by atoms with Gasteiger partial charge in [0.15, 0.2) is 0 Å². The van der Waals surface area contributed by atoms with Crippen molar-refractivity contribution in [1.29, 1.82) is 0 Å². The van der Waals surface area contributed by atoms with E-state index in [0.717, 1.165) is 36.3 Å². The molecule has 3 aromatic rings. The molecule has 4 rings (SSSR count). The minimum Gasteiger partial charge on any atom is -0.392 e. The van der Waals surface area contributed by atoms with E-state index >= 15 is 0 Å². The number of rotatable bonds is 6. The van der Waals surface area contributed by atoms with Crippen molar-refractivity contribution in [2.75, 3.05) is 11.4 Å². The summed E-state index contributed by atoms with van der Waals surface area (Å²) in [6.07, 6.45) is 2.69. The topological polar surface area (TPSA) is 41.3 Å². The molecule has 2 aromatic carbocycles. The van der Waals surface area contributed by atoms with E-state index in [1.807, 2.05) is 22.9 Å². The number of benzene rings is 2. The lowest BCUT2D eigenvalue weighted by Gasteiger charge is -2.25. The van der Waals surface area contributed by atoms with Gasteiger partial charge >= 0.3 is 0 Å². The Balaban J connectivity index is 1.69. The van der Waals surface area contributed by atoms with Gasteiger partial charge in [0.25, 0.3) is 0 Å². The number of para-hydroxylation sites is 1. The number of anilines is 1. The number of nitrogens with zero attached hydrogens (tertiary/aromatic N) is 3. The largest absolute Gasteiger partial charge is 0.392 e. The molecule has 1 aromatic heterocycles. The lowest BCUT2D eigenvalue weighted by atomic mass is 10.1. The molecule has 0 bridgehead atoms. The van der Waals surface area contributed by atoms with Crippen molar-refractivity contribution in [1.82, 2.24) is 9.78 Å².